The smallest absolute Gasteiger partial charge is 0.406 e. The second kappa shape index (κ2) is 11.5. The van der Waals surface area contributed by atoms with Gasteiger partial charge in [-0.2, -0.15) is 10.4 Å². The van der Waals surface area contributed by atoms with Gasteiger partial charge in [-0.15, -0.1) is 13.2 Å². The monoisotopic (exact) mass is 627 g/mol. The summed E-state index contributed by atoms with van der Waals surface area (Å²) >= 11 is 0. The van der Waals surface area contributed by atoms with E-state index in [4.69, 9.17) is 5.10 Å². The Morgan fingerprint density at radius 3 is 2.25 bits per heavy atom. The molecule has 6 rings (SSSR count). The Balaban J connectivity index is 1.34. The zero-order valence-corrected chi connectivity index (χ0v) is 24.7. The number of nitriles is 1. The molecule has 2 aliphatic carbocycles. The Kier molecular flexibility index (Phi) is 7.82. The summed E-state index contributed by atoms with van der Waals surface area (Å²) in [5, 5.41) is 17.4. The molecule has 1 N–H and O–H groups in total. The summed E-state index contributed by atoms with van der Waals surface area (Å²) in [5.41, 5.74) is 2.98. The van der Waals surface area contributed by atoms with Gasteiger partial charge in [0, 0.05) is 42.4 Å². The van der Waals surface area contributed by atoms with E-state index in [1.807, 2.05) is 35.4 Å². The van der Waals surface area contributed by atoms with Crippen LogP contribution in [0.3, 0.4) is 0 Å². The Morgan fingerprint density at radius 2 is 1.64 bits per heavy atom. The highest BCUT2D eigenvalue weighted by Crippen LogP contribution is 2.43. The summed E-state index contributed by atoms with van der Waals surface area (Å²) in [4.78, 5) is 15.5. The SMILES string of the molecule is N#CC1(NC(=O)C2CCCCC2c2nn(-c3ccc(OC(F)(F)F)cc3)cc2-c2ccc(N3CCS(=O)(=O)CC3)cc2)CC1. The minimum absolute atomic E-state index is 0.108. The number of benzene rings is 2. The lowest BCUT2D eigenvalue weighted by Gasteiger charge is -2.31. The lowest BCUT2D eigenvalue weighted by molar-refractivity contribution is -0.274. The zero-order chi connectivity index (χ0) is 31.1. The van der Waals surface area contributed by atoms with Crippen molar-refractivity contribution in [3.8, 4) is 28.6 Å². The molecular weight excluding hydrogens is 595 g/mol. The largest absolute Gasteiger partial charge is 0.573 e. The fraction of sp³-hybridized carbons (Fsp3) is 0.452. The van der Waals surface area contributed by atoms with Crippen molar-refractivity contribution in [3.63, 3.8) is 0 Å². The summed E-state index contributed by atoms with van der Waals surface area (Å²) in [7, 11) is -3.02. The zero-order valence-electron chi connectivity index (χ0n) is 23.9. The van der Waals surface area contributed by atoms with Crippen LogP contribution in [0.4, 0.5) is 18.9 Å². The molecule has 2 atom stereocenters. The molecular formula is C31H32F3N5O4S. The lowest BCUT2D eigenvalue weighted by atomic mass is 9.75. The number of nitrogens with zero attached hydrogens (tertiary/aromatic N) is 4. The molecule has 3 aliphatic rings. The molecule has 2 saturated carbocycles. The second-order valence-electron chi connectivity index (χ2n) is 11.8. The number of ether oxygens (including phenoxy) is 1. The van der Waals surface area contributed by atoms with Crippen molar-refractivity contribution in [2.75, 3.05) is 29.5 Å². The Bertz CT molecular complexity index is 1660. The molecule has 0 bridgehead atoms. The van der Waals surface area contributed by atoms with Gasteiger partial charge in [0.05, 0.1) is 29.0 Å². The van der Waals surface area contributed by atoms with Gasteiger partial charge in [0.25, 0.3) is 0 Å². The molecule has 3 aromatic rings. The molecule has 1 aliphatic heterocycles. The van der Waals surface area contributed by atoms with Gasteiger partial charge in [0.1, 0.15) is 11.3 Å². The molecule has 2 unspecified atom stereocenters. The fourth-order valence-corrected chi connectivity index (χ4v) is 7.33. The van der Waals surface area contributed by atoms with Crippen LogP contribution >= 0.6 is 0 Å². The quantitative estimate of drug-likeness (QED) is 0.387. The first-order chi connectivity index (χ1) is 20.9. The van der Waals surface area contributed by atoms with Crippen LogP contribution < -0.4 is 15.0 Å². The van der Waals surface area contributed by atoms with Gasteiger partial charge < -0.3 is 15.0 Å². The number of alkyl halides is 3. The first-order valence-electron chi connectivity index (χ1n) is 14.7. The van der Waals surface area contributed by atoms with E-state index in [0.29, 0.717) is 43.7 Å². The van der Waals surface area contributed by atoms with Crippen LogP contribution in [0.2, 0.25) is 0 Å². The van der Waals surface area contributed by atoms with Gasteiger partial charge >= 0.3 is 6.36 Å². The molecule has 44 heavy (non-hydrogen) atoms. The summed E-state index contributed by atoms with van der Waals surface area (Å²) in [5.74, 6) is -0.889. The number of carbonyl (C=O) groups is 1. The van der Waals surface area contributed by atoms with Gasteiger partial charge in [-0.3, -0.25) is 4.79 Å². The Morgan fingerprint density at radius 1 is 1.00 bits per heavy atom. The Hall–Kier alpha value is -4.05. The van der Waals surface area contributed by atoms with Crippen molar-refractivity contribution >= 4 is 21.4 Å². The van der Waals surface area contributed by atoms with E-state index in [9.17, 15) is 31.6 Å². The maximum Gasteiger partial charge on any atom is 0.573 e. The third-order valence-corrected chi connectivity index (χ3v) is 10.4. The minimum atomic E-state index is -4.80. The molecule has 1 aromatic heterocycles. The lowest BCUT2D eigenvalue weighted by Crippen LogP contribution is -2.42. The highest BCUT2D eigenvalue weighted by Gasteiger charge is 2.47. The fourth-order valence-electron chi connectivity index (χ4n) is 6.13. The van der Waals surface area contributed by atoms with E-state index in [2.05, 4.69) is 16.1 Å². The van der Waals surface area contributed by atoms with Gasteiger partial charge in [-0.25, -0.2) is 13.1 Å². The van der Waals surface area contributed by atoms with Gasteiger partial charge in [-0.05, 0) is 67.6 Å². The van der Waals surface area contributed by atoms with E-state index in [1.165, 1.54) is 24.3 Å². The summed E-state index contributed by atoms with van der Waals surface area (Å²) < 4.78 is 67.5. The third-order valence-electron chi connectivity index (χ3n) is 8.75. The Labute approximate surface area is 253 Å². The van der Waals surface area contributed by atoms with Crippen LogP contribution in [-0.2, 0) is 14.6 Å². The van der Waals surface area contributed by atoms with Crippen molar-refractivity contribution in [2.24, 2.45) is 5.92 Å². The molecule has 9 nitrogen and oxygen atoms in total. The highest BCUT2D eigenvalue weighted by atomic mass is 32.2. The number of nitrogens with one attached hydrogen (secondary N) is 1. The number of hydrogen-bond acceptors (Lipinski definition) is 7. The van der Waals surface area contributed by atoms with Crippen molar-refractivity contribution in [2.45, 2.75) is 56.3 Å². The number of amides is 1. The van der Waals surface area contributed by atoms with E-state index >= 15 is 0 Å². The average molecular weight is 628 g/mol. The van der Waals surface area contributed by atoms with Crippen LogP contribution in [-0.4, -0.2) is 60.6 Å². The predicted octanol–water partition coefficient (Wildman–Crippen LogP) is 5.12. The molecule has 1 amide bonds. The number of halogens is 3. The molecule has 2 heterocycles. The first-order valence-corrected chi connectivity index (χ1v) is 16.5. The van der Waals surface area contributed by atoms with Gasteiger partial charge in [0.2, 0.25) is 5.91 Å². The third kappa shape index (κ3) is 6.55. The van der Waals surface area contributed by atoms with Crippen LogP contribution in [0.15, 0.2) is 54.7 Å². The van der Waals surface area contributed by atoms with E-state index in [-0.39, 0.29) is 35.0 Å². The van der Waals surface area contributed by atoms with Crippen LogP contribution in [0.1, 0.15) is 50.1 Å². The highest BCUT2D eigenvalue weighted by molar-refractivity contribution is 7.91. The van der Waals surface area contributed by atoms with Gasteiger partial charge in [-0.1, -0.05) is 25.0 Å². The minimum Gasteiger partial charge on any atom is -0.406 e. The summed E-state index contributed by atoms with van der Waals surface area (Å²) in [6, 6.07) is 15.4. The topological polar surface area (TPSA) is 117 Å². The molecule has 1 saturated heterocycles. The standard InChI is InChI=1S/C31H32F3N5O4S/c32-31(33,34)43-24-11-9-23(10-12-24)39-19-27(21-5-7-22(8-6-21)38-15-17-44(41,42)18-16-38)28(37-39)25-3-1-2-4-26(25)29(40)36-30(20-35)13-14-30/h5-12,19,25-26H,1-4,13-18H2,(H,36,40). The maximum absolute atomic E-state index is 13.5. The predicted molar refractivity (Wildman–Crippen MR) is 157 cm³/mol. The number of rotatable bonds is 7. The van der Waals surface area contributed by atoms with Crippen molar-refractivity contribution in [1.82, 2.24) is 15.1 Å². The number of anilines is 1. The molecule has 0 radical (unpaired) electrons. The maximum atomic E-state index is 13.5. The second-order valence-corrected chi connectivity index (χ2v) is 14.1. The number of hydrogen-bond donors (Lipinski definition) is 1. The van der Waals surface area contributed by atoms with E-state index in [1.54, 1.807) is 4.68 Å². The van der Waals surface area contributed by atoms with E-state index in [0.717, 1.165) is 36.1 Å². The van der Waals surface area contributed by atoms with Crippen molar-refractivity contribution in [3.05, 3.63) is 60.4 Å². The number of sulfone groups is 1. The normalized spacial score (nSPS) is 22.5. The molecule has 232 valence electrons. The number of carbonyl (C=O) groups excluding carboxylic acids is 1. The molecule has 0 spiro atoms. The van der Waals surface area contributed by atoms with Crippen molar-refractivity contribution in [1.29, 1.82) is 5.26 Å². The summed E-state index contributed by atoms with van der Waals surface area (Å²) in [6.45, 7) is 0.837. The van der Waals surface area contributed by atoms with Gasteiger partial charge in [0.15, 0.2) is 9.84 Å². The summed E-state index contributed by atoms with van der Waals surface area (Å²) in [6.07, 6.45) is 1.45. The molecule has 2 aromatic carbocycles. The first kappa shape index (κ1) is 30.0. The van der Waals surface area contributed by atoms with E-state index < -0.39 is 21.7 Å². The van der Waals surface area contributed by atoms with Crippen LogP contribution in [0.5, 0.6) is 5.75 Å². The molecule has 13 heteroatoms. The van der Waals surface area contributed by atoms with Crippen LogP contribution in [0.25, 0.3) is 16.8 Å². The van der Waals surface area contributed by atoms with Crippen LogP contribution in [0, 0.1) is 17.2 Å². The number of aromatic nitrogens is 2. The van der Waals surface area contributed by atoms with Crippen molar-refractivity contribution < 1.29 is 31.1 Å². The molecule has 3 fully saturated rings. The average Bonchev–Trinajstić information content (AvgIpc) is 3.63.